The molecule has 0 N–H and O–H groups in total. The van der Waals surface area contributed by atoms with E-state index in [2.05, 4.69) is 0 Å². The highest BCUT2D eigenvalue weighted by molar-refractivity contribution is 8.45. The summed E-state index contributed by atoms with van der Waals surface area (Å²) in [6, 6.07) is 6.72. The Kier molecular flexibility index (Phi) is 4.37. The fourth-order valence-corrected chi connectivity index (χ4v) is 7.75. The monoisotopic (exact) mass is 332 g/mol. The molecular formula is C15H24O4S2. The first kappa shape index (κ1) is 16.7. The number of aryl methyl sites for hydroxylation is 1. The quantitative estimate of drug-likeness (QED) is 0.795. The van der Waals surface area contributed by atoms with Crippen LogP contribution in [0.25, 0.3) is 0 Å². The lowest BCUT2D eigenvalue weighted by molar-refractivity contribution is 0.165. The Morgan fingerprint density at radius 2 is 1.90 bits per heavy atom. The van der Waals surface area contributed by atoms with E-state index in [0.29, 0.717) is 6.61 Å². The molecule has 0 aromatic heterocycles. The Morgan fingerprint density at radius 1 is 1.29 bits per heavy atom. The van der Waals surface area contributed by atoms with Crippen molar-refractivity contribution in [1.29, 1.82) is 0 Å². The molecule has 0 bridgehead atoms. The predicted octanol–water partition coefficient (Wildman–Crippen LogP) is 3.17. The molecule has 1 aromatic carbocycles. The van der Waals surface area contributed by atoms with Gasteiger partial charge in [0.2, 0.25) is 0 Å². The fourth-order valence-electron chi connectivity index (χ4n) is 2.36. The zero-order valence-corrected chi connectivity index (χ0v) is 14.7. The van der Waals surface area contributed by atoms with E-state index in [1.165, 1.54) is 0 Å². The highest BCUT2D eigenvalue weighted by Gasteiger charge is 2.40. The average Bonchev–Trinajstić information content (AvgIpc) is 2.93. The number of ether oxygens (including phenoxy) is 1. The Hall–Kier alpha value is -0.690. The molecule has 1 heterocycles. The van der Waals surface area contributed by atoms with Crippen molar-refractivity contribution in [3.8, 4) is 0 Å². The molecule has 1 aliphatic heterocycles. The summed E-state index contributed by atoms with van der Waals surface area (Å²) in [6.07, 6.45) is 5.56. The second-order valence-electron chi connectivity index (χ2n) is 6.03. The first-order valence-corrected chi connectivity index (χ1v) is 11.3. The van der Waals surface area contributed by atoms with Crippen LogP contribution in [0.1, 0.15) is 25.3 Å². The molecule has 1 unspecified atom stereocenters. The third-order valence-electron chi connectivity index (χ3n) is 3.99. The molecular weight excluding hydrogens is 308 g/mol. The van der Waals surface area contributed by atoms with E-state index in [9.17, 15) is 8.42 Å². The second kappa shape index (κ2) is 5.50. The van der Waals surface area contributed by atoms with Crippen molar-refractivity contribution in [2.45, 2.75) is 37.0 Å². The number of hydrogen-bond acceptors (Lipinski definition) is 4. The standard InChI is InChI=1S/C15H24O4S2/c1-5-21(3,4,15-7-6-12-18-15)19-20(16,17)14-10-8-13(2)9-11-14/h5,8-11,15H,6-7,12H2,1-4H3. The summed E-state index contributed by atoms with van der Waals surface area (Å²) in [6.45, 7) is 4.44. The highest BCUT2D eigenvalue weighted by Crippen LogP contribution is 2.61. The number of rotatable bonds is 4. The molecule has 120 valence electrons. The van der Waals surface area contributed by atoms with Gasteiger partial charge in [0.15, 0.2) is 0 Å². The highest BCUT2D eigenvalue weighted by atomic mass is 32.3. The van der Waals surface area contributed by atoms with E-state index in [0.717, 1.165) is 18.4 Å². The maximum absolute atomic E-state index is 12.6. The van der Waals surface area contributed by atoms with E-state index in [-0.39, 0.29) is 10.3 Å². The Balaban J connectivity index is 2.40. The summed E-state index contributed by atoms with van der Waals surface area (Å²) in [5.74, 6) is 0. The van der Waals surface area contributed by atoms with Gasteiger partial charge in [-0.2, -0.15) is 8.42 Å². The minimum Gasteiger partial charge on any atom is -0.367 e. The van der Waals surface area contributed by atoms with Gasteiger partial charge in [0, 0.05) is 6.61 Å². The van der Waals surface area contributed by atoms with Crippen molar-refractivity contribution in [1.82, 2.24) is 0 Å². The van der Waals surface area contributed by atoms with Crippen LogP contribution in [-0.4, -0.2) is 38.3 Å². The zero-order chi connectivity index (χ0) is 15.8. The second-order valence-corrected chi connectivity index (χ2v) is 13.0. The van der Waals surface area contributed by atoms with Gasteiger partial charge < -0.3 is 4.74 Å². The van der Waals surface area contributed by atoms with Crippen molar-refractivity contribution in [2.75, 3.05) is 19.1 Å². The van der Waals surface area contributed by atoms with E-state index in [4.69, 9.17) is 8.37 Å². The first-order valence-electron chi connectivity index (χ1n) is 6.99. The van der Waals surface area contributed by atoms with Crippen molar-refractivity contribution >= 4 is 24.5 Å². The van der Waals surface area contributed by atoms with E-state index in [1.54, 1.807) is 24.3 Å². The van der Waals surface area contributed by atoms with Gasteiger partial charge in [-0.1, -0.05) is 23.1 Å². The minimum absolute atomic E-state index is 0.160. The average molecular weight is 332 g/mol. The van der Waals surface area contributed by atoms with Gasteiger partial charge in [0.1, 0.15) is 5.44 Å². The molecule has 0 saturated carbocycles. The van der Waals surface area contributed by atoms with Crippen LogP contribution in [0.4, 0.5) is 0 Å². The van der Waals surface area contributed by atoms with E-state index >= 15 is 0 Å². The van der Waals surface area contributed by atoms with Crippen molar-refractivity contribution in [2.24, 2.45) is 0 Å². The normalized spacial score (nSPS) is 21.7. The van der Waals surface area contributed by atoms with Gasteiger partial charge in [-0.15, -0.1) is 9.03 Å². The molecule has 1 saturated heterocycles. The molecule has 2 rings (SSSR count). The lowest BCUT2D eigenvalue weighted by Crippen LogP contribution is -2.28. The summed E-state index contributed by atoms with van der Waals surface area (Å²) in [5, 5.41) is 1.89. The van der Waals surface area contributed by atoms with Gasteiger partial charge >= 0.3 is 10.1 Å². The van der Waals surface area contributed by atoms with Crippen LogP contribution in [0.5, 0.6) is 0 Å². The van der Waals surface area contributed by atoms with E-state index < -0.39 is 19.1 Å². The molecule has 4 nitrogen and oxygen atoms in total. The maximum Gasteiger partial charge on any atom is 0.305 e. The minimum atomic E-state index is -3.81. The molecule has 1 fully saturated rings. The Morgan fingerprint density at radius 3 is 2.38 bits per heavy atom. The van der Waals surface area contributed by atoms with Gasteiger partial charge in [-0.05, 0) is 51.3 Å². The van der Waals surface area contributed by atoms with Crippen LogP contribution in [-0.2, 0) is 18.5 Å². The first-order chi connectivity index (χ1) is 9.66. The van der Waals surface area contributed by atoms with Crippen molar-refractivity contribution < 1.29 is 16.8 Å². The fraction of sp³-hybridized carbons (Fsp3) is 0.533. The van der Waals surface area contributed by atoms with Gasteiger partial charge in [-0.25, -0.2) is 3.63 Å². The molecule has 0 amide bonds. The van der Waals surface area contributed by atoms with E-state index in [1.807, 2.05) is 31.7 Å². The van der Waals surface area contributed by atoms with Crippen LogP contribution in [0.2, 0.25) is 0 Å². The molecule has 1 aliphatic rings. The lowest BCUT2D eigenvalue weighted by Gasteiger charge is -2.45. The van der Waals surface area contributed by atoms with Crippen LogP contribution in [0.3, 0.4) is 0 Å². The smallest absolute Gasteiger partial charge is 0.305 e. The molecule has 1 atom stereocenters. The summed E-state index contributed by atoms with van der Waals surface area (Å²) in [5.41, 5.74) is 0.853. The number of hydrogen-bond donors (Lipinski definition) is 0. The van der Waals surface area contributed by atoms with Gasteiger partial charge in [0.05, 0.1) is 4.90 Å². The topological polar surface area (TPSA) is 52.6 Å². The van der Waals surface area contributed by atoms with Crippen molar-refractivity contribution in [3.63, 3.8) is 0 Å². The Labute approximate surface area is 127 Å². The van der Waals surface area contributed by atoms with Crippen LogP contribution < -0.4 is 0 Å². The molecule has 6 heteroatoms. The summed E-state index contributed by atoms with van der Waals surface area (Å²) in [4.78, 5) is 0.194. The third kappa shape index (κ3) is 3.39. The SMILES string of the molecule is CC=S(C)(C)(OS(=O)(=O)c1ccc(C)cc1)C1CCCO1. The van der Waals surface area contributed by atoms with Gasteiger partial charge in [0.25, 0.3) is 0 Å². The third-order valence-corrected chi connectivity index (χ3v) is 10.6. The molecule has 1 aromatic rings. The molecule has 21 heavy (non-hydrogen) atoms. The maximum atomic E-state index is 12.6. The molecule has 0 spiro atoms. The lowest BCUT2D eigenvalue weighted by atomic mass is 10.2. The van der Waals surface area contributed by atoms with Crippen molar-refractivity contribution in [3.05, 3.63) is 29.8 Å². The van der Waals surface area contributed by atoms with Crippen LogP contribution >= 0.6 is 9.03 Å². The van der Waals surface area contributed by atoms with Crippen LogP contribution in [0, 0.1) is 6.92 Å². The van der Waals surface area contributed by atoms with Crippen LogP contribution in [0.15, 0.2) is 29.2 Å². The predicted molar refractivity (Wildman–Crippen MR) is 89.6 cm³/mol. The molecule has 0 aliphatic carbocycles. The largest absolute Gasteiger partial charge is 0.367 e. The molecule has 0 radical (unpaired) electrons. The summed E-state index contributed by atoms with van der Waals surface area (Å²) in [7, 11) is -6.57. The summed E-state index contributed by atoms with van der Waals surface area (Å²) >= 11 is 0. The van der Waals surface area contributed by atoms with Gasteiger partial charge in [-0.3, -0.25) is 0 Å². The number of benzene rings is 1. The summed E-state index contributed by atoms with van der Waals surface area (Å²) < 4.78 is 36.7. The zero-order valence-electron chi connectivity index (χ0n) is 13.0. The Bertz CT molecular complexity index is 675.